The zero-order valence-electron chi connectivity index (χ0n) is 14.9. The van der Waals surface area contributed by atoms with E-state index in [0.29, 0.717) is 5.69 Å². The van der Waals surface area contributed by atoms with E-state index < -0.39 is 25.9 Å². The maximum absolute atomic E-state index is 12.9. The Labute approximate surface area is 178 Å². The summed E-state index contributed by atoms with van der Waals surface area (Å²) in [5.74, 6) is -0.692. The molecule has 1 amide bonds. The highest BCUT2D eigenvalue weighted by atomic mass is 35.5. The van der Waals surface area contributed by atoms with Crippen molar-refractivity contribution in [1.82, 2.24) is 0 Å². The van der Waals surface area contributed by atoms with Crippen LogP contribution in [0.3, 0.4) is 0 Å². The van der Waals surface area contributed by atoms with E-state index in [0.717, 1.165) is 0 Å². The molecule has 2 aliphatic heterocycles. The lowest BCUT2D eigenvalue weighted by Crippen LogP contribution is -2.36. The van der Waals surface area contributed by atoms with Crippen LogP contribution >= 0.6 is 23.2 Å². The molecule has 2 aliphatic rings. The molecular weight excluding hydrogens is 459 g/mol. The van der Waals surface area contributed by atoms with E-state index in [4.69, 9.17) is 23.2 Å². The Bertz CT molecular complexity index is 1210. The second-order valence-electron chi connectivity index (χ2n) is 7.07. The molecule has 0 saturated carbocycles. The number of sulfone groups is 1. The smallest absolute Gasteiger partial charge is 0.263 e. The van der Waals surface area contributed by atoms with E-state index in [-0.39, 0.29) is 50.4 Å². The molecule has 0 radical (unpaired) electrons. The van der Waals surface area contributed by atoms with Crippen molar-refractivity contribution < 1.29 is 21.6 Å². The Kier molecular flexibility index (Phi) is 5.05. The minimum Gasteiger partial charge on any atom is -0.308 e. The van der Waals surface area contributed by atoms with E-state index in [9.17, 15) is 21.6 Å². The second kappa shape index (κ2) is 7.16. The molecule has 0 unspecified atom stereocenters. The summed E-state index contributed by atoms with van der Waals surface area (Å²) in [6.45, 7) is 0. The number of nitrogens with zero attached hydrogens (tertiary/aromatic N) is 1. The lowest BCUT2D eigenvalue weighted by atomic mass is 10.1. The Morgan fingerprint density at radius 3 is 2.48 bits per heavy atom. The Morgan fingerprint density at radius 1 is 1.03 bits per heavy atom. The Morgan fingerprint density at radius 2 is 1.76 bits per heavy atom. The quantitative estimate of drug-likeness (QED) is 0.733. The predicted octanol–water partition coefficient (Wildman–Crippen LogP) is 2.94. The van der Waals surface area contributed by atoms with Crippen molar-refractivity contribution in [3.63, 3.8) is 0 Å². The van der Waals surface area contributed by atoms with E-state index in [1.54, 1.807) is 18.2 Å². The fraction of sp³-hybridized carbons (Fsp3) is 0.278. The van der Waals surface area contributed by atoms with Gasteiger partial charge in [0.15, 0.2) is 9.84 Å². The molecule has 2 fully saturated rings. The van der Waals surface area contributed by atoms with Crippen LogP contribution in [0.2, 0.25) is 10.0 Å². The third-order valence-electron chi connectivity index (χ3n) is 5.07. The first-order chi connectivity index (χ1) is 13.6. The van der Waals surface area contributed by atoms with Gasteiger partial charge in [0.25, 0.3) is 10.0 Å². The molecule has 4 rings (SSSR count). The van der Waals surface area contributed by atoms with Gasteiger partial charge < -0.3 is 4.90 Å². The molecule has 1 N–H and O–H groups in total. The monoisotopic (exact) mass is 474 g/mol. The van der Waals surface area contributed by atoms with Crippen LogP contribution in [0, 0.1) is 5.92 Å². The number of carbonyl (C=O) groups excluding carboxylic acids is 1. The molecule has 2 heterocycles. The lowest BCUT2D eigenvalue weighted by molar-refractivity contribution is -0.117. The van der Waals surface area contributed by atoms with Crippen molar-refractivity contribution >= 4 is 60.3 Å². The van der Waals surface area contributed by atoms with Gasteiger partial charge in [-0.3, -0.25) is 9.52 Å². The van der Waals surface area contributed by atoms with Crippen LogP contribution in [0.15, 0.2) is 47.4 Å². The summed E-state index contributed by atoms with van der Waals surface area (Å²) in [6.07, 6.45) is 0.118. The molecule has 2 aromatic rings. The number of hydrogen-bond acceptors (Lipinski definition) is 5. The van der Waals surface area contributed by atoms with Crippen molar-refractivity contribution in [2.24, 2.45) is 5.92 Å². The van der Waals surface area contributed by atoms with E-state index in [1.807, 2.05) is 0 Å². The first kappa shape index (κ1) is 20.5. The normalized spacial score (nSPS) is 23.2. The fourth-order valence-corrected chi connectivity index (χ4v) is 7.73. The topological polar surface area (TPSA) is 101 Å². The van der Waals surface area contributed by atoms with Crippen molar-refractivity contribution in [3.8, 4) is 0 Å². The number of carbonyl (C=O) groups is 1. The maximum Gasteiger partial charge on any atom is 0.263 e. The van der Waals surface area contributed by atoms with Crippen LogP contribution in [0.25, 0.3) is 0 Å². The van der Waals surface area contributed by atoms with Gasteiger partial charge in [0.05, 0.1) is 33.3 Å². The number of para-hydroxylation sites is 1. The SMILES string of the molecule is O=C1C[C@@H]2CS(=O)(=O)C[C@H]2N1c1ccc(Cl)c(S(=O)(=O)Nc2ccccc2Cl)c1. The van der Waals surface area contributed by atoms with Gasteiger partial charge in [-0.1, -0.05) is 35.3 Å². The minimum absolute atomic E-state index is 0.0319. The fourth-order valence-electron chi connectivity index (χ4n) is 3.82. The second-order valence-corrected chi connectivity index (χ2v) is 11.7. The predicted molar refractivity (Wildman–Crippen MR) is 112 cm³/mol. The van der Waals surface area contributed by atoms with Gasteiger partial charge >= 0.3 is 0 Å². The highest BCUT2D eigenvalue weighted by molar-refractivity contribution is 7.93. The van der Waals surface area contributed by atoms with Gasteiger partial charge in [0.2, 0.25) is 5.91 Å². The Hall–Kier alpha value is -1.81. The summed E-state index contributed by atoms with van der Waals surface area (Å²) < 4.78 is 52.1. The van der Waals surface area contributed by atoms with Gasteiger partial charge in [-0.25, -0.2) is 16.8 Å². The molecule has 0 spiro atoms. The molecule has 11 heteroatoms. The van der Waals surface area contributed by atoms with Crippen LogP contribution in [0.1, 0.15) is 6.42 Å². The van der Waals surface area contributed by atoms with Crippen LogP contribution in [0.5, 0.6) is 0 Å². The standard InChI is InChI=1S/C18H16Cl2N2O5S2/c19-13-3-1-2-4-15(13)21-29(26,27)17-8-12(5-6-14(17)20)22-16-10-28(24,25)9-11(16)7-18(22)23/h1-6,8,11,16,21H,7,9-10H2/t11-,16-/m1/s1. The molecule has 7 nitrogen and oxygen atoms in total. The number of amides is 1. The number of benzene rings is 2. The van der Waals surface area contributed by atoms with Gasteiger partial charge in [-0.15, -0.1) is 0 Å². The molecule has 0 aliphatic carbocycles. The summed E-state index contributed by atoms with van der Waals surface area (Å²) in [6, 6.07) is 10.0. The highest BCUT2D eigenvalue weighted by Gasteiger charge is 2.49. The molecule has 29 heavy (non-hydrogen) atoms. The molecule has 2 aromatic carbocycles. The average molecular weight is 475 g/mol. The molecule has 2 saturated heterocycles. The largest absolute Gasteiger partial charge is 0.308 e. The van der Waals surface area contributed by atoms with Gasteiger partial charge in [0.1, 0.15) is 4.90 Å². The number of halogens is 2. The molecule has 2 atom stereocenters. The number of sulfonamides is 1. The Balaban J connectivity index is 1.71. The van der Waals surface area contributed by atoms with E-state index in [2.05, 4.69) is 4.72 Å². The molecule has 0 bridgehead atoms. The highest BCUT2D eigenvalue weighted by Crippen LogP contribution is 2.39. The van der Waals surface area contributed by atoms with E-state index >= 15 is 0 Å². The summed E-state index contributed by atoms with van der Waals surface area (Å²) in [5.41, 5.74) is 0.485. The minimum atomic E-state index is -4.10. The van der Waals surface area contributed by atoms with Crippen LogP contribution in [0.4, 0.5) is 11.4 Å². The number of rotatable bonds is 4. The summed E-state index contributed by atoms with van der Waals surface area (Å²) in [4.78, 5) is 13.6. The van der Waals surface area contributed by atoms with Crippen LogP contribution in [-0.4, -0.2) is 40.3 Å². The average Bonchev–Trinajstić information content (AvgIpc) is 3.07. The van der Waals surface area contributed by atoms with Gasteiger partial charge in [-0.05, 0) is 30.3 Å². The van der Waals surface area contributed by atoms with Gasteiger partial charge in [0, 0.05) is 18.0 Å². The summed E-state index contributed by atoms with van der Waals surface area (Å²) in [5, 5.41) is 0.188. The third-order valence-corrected chi connectivity index (χ3v) is 9.04. The molecular formula is C18H16Cl2N2O5S2. The van der Waals surface area contributed by atoms with E-state index in [1.165, 1.54) is 29.2 Å². The number of hydrogen-bond donors (Lipinski definition) is 1. The van der Waals surface area contributed by atoms with Crippen LogP contribution < -0.4 is 9.62 Å². The zero-order valence-corrected chi connectivity index (χ0v) is 18.0. The first-order valence-electron chi connectivity index (χ1n) is 8.67. The number of anilines is 2. The lowest BCUT2D eigenvalue weighted by Gasteiger charge is -2.24. The van der Waals surface area contributed by atoms with Crippen molar-refractivity contribution in [2.75, 3.05) is 21.1 Å². The maximum atomic E-state index is 12.9. The summed E-state index contributed by atoms with van der Waals surface area (Å²) >= 11 is 12.2. The van der Waals surface area contributed by atoms with Crippen LogP contribution in [-0.2, 0) is 24.7 Å². The number of nitrogens with one attached hydrogen (secondary N) is 1. The number of fused-ring (bicyclic) bond motifs is 1. The van der Waals surface area contributed by atoms with Crippen molar-refractivity contribution in [1.29, 1.82) is 0 Å². The molecule has 0 aromatic heterocycles. The molecule has 154 valence electrons. The third kappa shape index (κ3) is 3.84. The van der Waals surface area contributed by atoms with Crippen molar-refractivity contribution in [3.05, 3.63) is 52.5 Å². The van der Waals surface area contributed by atoms with Crippen molar-refractivity contribution in [2.45, 2.75) is 17.4 Å². The zero-order chi connectivity index (χ0) is 21.0. The van der Waals surface area contributed by atoms with Gasteiger partial charge in [-0.2, -0.15) is 0 Å². The first-order valence-corrected chi connectivity index (χ1v) is 12.7. The summed E-state index contributed by atoms with van der Waals surface area (Å²) in [7, 11) is -7.33.